The van der Waals surface area contributed by atoms with Gasteiger partial charge in [-0.3, -0.25) is 9.36 Å². The lowest BCUT2D eigenvalue weighted by atomic mass is 10.1. The minimum atomic E-state index is -0.473. The van der Waals surface area contributed by atoms with Crippen molar-refractivity contribution in [1.29, 1.82) is 0 Å². The lowest BCUT2D eigenvalue weighted by Gasteiger charge is -2.10. The van der Waals surface area contributed by atoms with E-state index in [1.807, 2.05) is 13.8 Å². The van der Waals surface area contributed by atoms with Crippen molar-refractivity contribution >= 4 is 22.6 Å². The van der Waals surface area contributed by atoms with Gasteiger partial charge >= 0.3 is 11.7 Å². The average molecular weight is 434 g/mol. The highest BCUT2D eigenvalue weighted by atomic mass is 16.5. The topological polar surface area (TPSA) is 135 Å². The van der Waals surface area contributed by atoms with Crippen LogP contribution in [0.5, 0.6) is 0 Å². The largest absolute Gasteiger partial charge is 0.336 e. The number of fused-ring (bicyclic) bond motifs is 1. The second-order valence-electron chi connectivity index (χ2n) is 7.50. The van der Waals surface area contributed by atoms with Crippen molar-refractivity contribution in [2.45, 2.75) is 33.4 Å². The molecule has 0 bridgehead atoms. The van der Waals surface area contributed by atoms with E-state index in [1.165, 1.54) is 0 Å². The van der Waals surface area contributed by atoms with Crippen molar-refractivity contribution in [2.24, 2.45) is 0 Å². The van der Waals surface area contributed by atoms with Gasteiger partial charge in [0.05, 0.1) is 10.9 Å². The van der Waals surface area contributed by atoms with Crippen LogP contribution in [0.3, 0.4) is 0 Å². The molecule has 32 heavy (non-hydrogen) atoms. The van der Waals surface area contributed by atoms with E-state index in [2.05, 4.69) is 25.8 Å². The summed E-state index contributed by atoms with van der Waals surface area (Å²) in [5, 5.41) is 9.94. The third-order valence-corrected chi connectivity index (χ3v) is 4.77. The maximum absolute atomic E-state index is 12.4. The zero-order chi connectivity index (χ0) is 22.8. The number of carbonyl (C=O) groups excluding carboxylic acids is 1. The minimum Gasteiger partial charge on any atom is -0.336 e. The fourth-order valence-electron chi connectivity index (χ4n) is 3.30. The molecule has 0 saturated heterocycles. The minimum absolute atomic E-state index is 0.0136. The first-order valence-corrected chi connectivity index (χ1v) is 10.1. The number of anilines is 1. The van der Waals surface area contributed by atoms with Crippen LogP contribution in [0.25, 0.3) is 33.7 Å². The van der Waals surface area contributed by atoms with E-state index in [1.54, 1.807) is 49.4 Å². The van der Waals surface area contributed by atoms with Crippen LogP contribution in [0.15, 0.2) is 56.6 Å². The fourth-order valence-corrected chi connectivity index (χ4v) is 3.30. The van der Waals surface area contributed by atoms with E-state index < -0.39 is 5.69 Å². The van der Waals surface area contributed by atoms with Gasteiger partial charge in [-0.05, 0) is 51.1 Å². The summed E-state index contributed by atoms with van der Waals surface area (Å²) in [5.74, 6) is 0.571. The van der Waals surface area contributed by atoms with E-state index in [0.29, 0.717) is 33.5 Å². The number of hydrogen-bond donors (Lipinski definition) is 3. The van der Waals surface area contributed by atoms with Crippen LogP contribution in [0.1, 0.15) is 20.8 Å². The number of nitrogens with one attached hydrogen (secondary N) is 3. The summed E-state index contributed by atoms with van der Waals surface area (Å²) in [6.07, 6.45) is 0. The van der Waals surface area contributed by atoms with E-state index in [0.717, 1.165) is 4.57 Å². The third kappa shape index (κ3) is 4.15. The first-order valence-electron chi connectivity index (χ1n) is 10.1. The van der Waals surface area contributed by atoms with Crippen LogP contribution in [0, 0.1) is 0 Å². The first kappa shape index (κ1) is 21.0. The van der Waals surface area contributed by atoms with Gasteiger partial charge in [-0.25, -0.2) is 9.59 Å². The summed E-state index contributed by atoms with van der Waals surface area (Å²) in [5.41, 5.74) is 1.37. The van der Waals surface area contributed by atoms with Crippen LogP contribution in [0.4, 0.5) is 10.5 Å². The molecule has 2 aromatic heterocycles. The summed E-state index contributed by atoms with van der Waals surface area (Å²) in [4.78, 5) is 43.6. The molecule has 0 saturated carbocycles. The molecule has 0 spiro atoms. The number of urea groups is 1. The number of nitrogens with zero attached hydrogens (tertiary/aromatic N) is 3. The van der Waals surface area contributed by atoms with Crippen LogP contribution >= 0.6 is 0 Å². The van der Waals surface area contributed by atoms with Gasteiger partial charge in [0.25, 0.3) is 11.4 Å². The third-order valence-electron chi connectivity index (χ3n) is 4.77. The van der Waals surface area contributed by atoms with Crippen molar-refractivity contribution < 1.29 is 9.32 Å². The van der Waals surface area contributed by atoms with Crippen molar-refractivity contribution in [2.75, 3.05) is 5.32 Å². The number of aromatic amines is 1. The zero-order valence-corrected chi connectivity index (χ0v) is 17.8. The van der Waals surface area contributed by atoms with Gasteiger partial charge in [0.2, 0.25) is 5.82 Å². The summed E-state index contributed by atoms with van der Waals surface area (Å²) in [6, 6.07) is 11.7. The van der Waals surface area contributed by atoms with Crippen molar-refractivity contribution in [3.05, 3.63) is 63.3 Å². The lowest BCUT2D eigenvalue weighted by Crippen LogP contribution is -2.34. The Labute approximate surface area is 182 Å². The molecule has 0 aliphatic carbocycles. The Kier molecular flexibility index (Phi) is 5.59. The number of aromatic nitrogens is 4. The normalized spacial score (nSPS) is 11.1. The highest BCUT2D eigenvalue weighted by molar-refractivity contribution is 5.90. The van der Waals surface area contributed by atoms with Crippen molar-refractivity contribution in [3.8, 4) is 22.8 Å². The molecule has 164 valence electrons. The van der Waals surface area contributed by atoms with Crippen LogP contribution < -0.4 is 21.9 Å². The maximum atomic E-state index is 12.4. The van der Waals surface area contributed by atoms with Gasteiger partial charge in [0.1, 0.15) is 0 Å². The number of hydrogen-bond acceptors (Lipinski definition) is 6. The van der Waals surface area contributed by atoms with E-state index in [4.69, 9.17) is 4.52 Å². The predicted octanol–water partition coefficient (Wildman–Crippen LogP) is 2.96. The molecule has 0 fully saturated rings. The molecule has 2 aromatic carbocycles. The summed E-state index contributed by atoms with van der Waals surface area (Å²) in [6.45, 7) is 5.77. The van der Waals surface area contributed by atoms with Gasteiger partial charge < -0.3 is 20.1 Å². The highest BCUT2D eigenvalue weighted by Gasteiger charge is 2.14. The summed E-state index contributed by atoms with van der Waals surface area (Å²) in [7, 11) is 0. The zero-order valence-electron chi connectivity index (χ0n) is 17.8. The average Bonchev–Trinajstić information content (AvgIpc) is 3.23. The summed E-state index contributed by atoms with van der Waals surface area (Å²) < 4.78 is 6.53. The smallest absolute Gasteiger partial charge is 0.328 e. The Morgan fingerprint density at radius 3 is 2.72 bits per heavy atom. The number of benzene rings is 2. The standard InChI is InChI=1S/C22H22N6O4/c1-4-28-20(29)16-9-8-14(11-17(16)25-22(28)31)19-26-18(27-32-19)13-6-5-7-15(10-13)24-21(30)23-12(2)3/h5-12H,4H2,1-3H3,(H,25,31)(H2,23,24,30). The Morgan fingerprint density at radius 1 is 1.16 bits per heavy atom. The Bertz CT molecular complexity index is 1420. The fraction of sp³-hybridized carbons (Fsp3) is 0.227. The van der Waals surface area contributed by atoms with Crippen molar-refractivity contribution in [3.63, 3.8) is 0 Å². The molecule has 10 heteroatoms. The molecule has 2 amide bonds. The highest BCUT2D eigenvalue weighted by Crippen LogP contribution is 2.25. The number of carbonyl (C=O) groups is 1. The molecule has 0 radical (unpaired) electrons. The molecule has 0 aliphatic rings. The lowest BCUT2D eigenvalue weighted by molar-refractivity contribution is 0.250. The molecule has 10 nitrogen and oxygen atoms in total. The molecule has 4 aromatic rings. The van der Waals surface area contributed by atoms with Gasteiger partial charge in [0.15, 0.2) is 0 Å². The molecule has 0 atom stereocenters. The monoisotopic (exact) mass is 434 g/mol. The SMILES string of the molecule is CCn1c(=O)[nH]c2cc(-c3nc(-c4cccc(NC(=O)NC(C)C)c4)no3)ccc2c1=O. The van der Waals surface area contributed by atoms with E-state index in [9.17, 15) is 14.4 Å². The van der Waals surface area contributed by atoms with Crippen molar-refractivity contribution in [1.82, 2.24) is 25.0 Å². The van der Waals surface area contributed by atoms with Gasteiger partial charge in [-0.1, -0.05) is 17.3 Å². The Morgan fingerprint density at radius 2 is 1.97 bits per heavy atom. The Hall–Kier alpha value is -4.21. The van der Waals surface area contributed by atoms with Gasteiger partial charge in [-0.2, -0.15) is 4.98 Å². The second-order valence-corrected chi connectivity index (χ2v) is 7.50. The van der Waals surface area contributed by atoms with Crippen LogP contribution in [-0.2, 0) is 6.54 Å². The van der Waals surface area contributed by atoms with E-state index in [-0.39, 0.29) is 30.1 Å². The number of rotatable bonds is 5. The van der Waals surface area contributed by atoms with Crippen LogP contribution in [-0.4, -0.2) is 31.8 Å². The molecule has 2 heterocycles. The first-order chi connectivity index (χ1) is 15.4. The Balaban J connectivity index is 1.64. The van der Waals surface area contributed by atoms with Crippen LogP contribution in [0.2, 0.25) is 0 Å². The molecule has 0 unspecified atom stereocenters. The number of H-pyrrole nitrogens is 1. The van der Waals surface area contributed by atoms with Gasteiger partial charge in [-0.15, -0.1) is 0 Å². The second kappa shape index (κ2) is 8.50. The van der Waals surface area contributed by atoms with Gasteiger partial charge in [0, 0.05) is 29.4 Å². The predicted molar refractivity (Wildman–Crippen MR) is 121 cm³/mol. The maximum Gasteiger partial charge on any atom is 0.328 e. The molecular formula is C22H22N6O4. The molecule has 3 N–H and O–H groups in total. The molecule has 4 rings (SSSR count). The molecular weight excluding hydrogens is 412 g/mol. The van der Waals surface area contributed by atoms with E-state index >= 15 is 0 Å². The quantitative estimate of drug-likeness (QED) is 0.442. The molecule has 0 aliphatic heterocycles. The number of amides is 2. The summed E-state index contributed by atoms with van der Waals surface area (Å²) >= 11 is 0.